The van der Waals surface area contributed by atoms with Crippen molar-refractivity contribution in [1.29, 1.82) is 0 Å². The van der Waals surface area contributed by atoms with Gasteiger partial charge in [0.2, 0.25) is 0 Å². The third-order valence-electron chi connectivity index (χ3n) is 3.09. The Morgan fingerprint density at radius 3 is 1.44 bits per heavy atom. The maximum Gasteiger partial charge on any atom is 0.504 e. The smallest absolute Gasteiger partial charge is 0.374 e. The first-order chi connectivity index (χ1) is 8.37. The van der Waals surface area contributed by atoms with Gasteiger partial charge < -0.3 is 13.3 Å². The minimum absolute atomic E-state index is 0.141. The lowest BCUT2D eigenvalue weighted by Crippen LogP contribution is -2.54. The van der Waals surface area contributed by atoms with E-state index in [0.29, 0.717) is 25.4 Å². The lowest BCUT2D eigenvalue weighted by Gasteiger charge is -2.42. The third-order valence-corrected chi connectivity index (χ3v) is 7.17. The van der Waals surface area contributed by atoms with Crippen LogP contribution in [0.4, 0.5) is 0 Å². The Balaban J connectivity index is 5.28. The highest BCUT2D eigenvalue weighted by molar-refractivity contribution is 6.62. The molecule has 3 nitrogen and oxygen atoms in total. The number of hydrogen-bond donors (Lipinski definition) is 0. The summed E-state index contributed by atoms with van der Waals surface area (Å²) < 4.78 is 18.1. The van der Waals surface area contributed by atoms with E-state index >= 15 is 0 Å². The molecule has 0 radical (unpaired) electrons. The molecule has 0 saturated heterocycles. The van der Waals surface area contributed by atoms with Crippen molar-refractivity contribution in [2.45, 2.75) is 66.8 Å². The Kier molecular flexibility index (Phi) is 8.35. The molecule has 18 heavy (non-hydrogen) atoms. The molecular formula is C14H32O3Si. The molecule has 1 unspecified atom stereocenters. The monoisotopic (exact) mass is 276 g/mol. The Hall–Kier alpha value is 0.0969. The molecule has 0 aromatic carbocycles. The minimum atomic E-state index is -2.58. The lowest BCUT2D eigenvalue weighted by molar-refractivity contribution is 0.0447. The molecule has 0 aliphatic carbocycles. The molecule has 0 amide bonds. The topological polar surface area (TPSA) is 27.7 Å². The fourth-order valence-electron chi connectivity index (χ4n) is 2.46. The lowest BCUT2D eigenvalue weighted by atomic mass is 9.89. The molecule has 0 bridgehead atoms. The zero-order chi connectivity index (χ0) is 14.2. The van der Waals surface area contributed by atoms with Crippen molar-refractivity contribution >= 4 is 8.80 Å². The molecule has 0 aromatic rings. The highest BCUT2D eigenvalue weighted by atomic mass is 28.4. The van der Waals surface area contributed by atoms with Crippen molar-refractivity contribution in [3.05, 3.63) is 0 Å². The van der Waals surface area contributed by atoms with Crippen LogP contribution in [0, 0.1) is 5.41 Å². The van der Waals surface area contributed by atoms with Gasteiger partial charge in [-0.1, -0.05) is 34.1 Å². The van der Waals surface area contributed by atoms with Gasteiger partial charge in [-0.25, -0.2) is 0 Å². The van der Waals surface area contributed by atoms with E-state index in [1.54, 1.807) is 0 Å². The normalized spacial score (nSPS) is 14.8. The van der Waals surface area contributed by atoms with Crippen LogP contribution >= 0.6 is 0 Å². The summed E-state index contributed by atoms with van der Waals surface area (Å²) in [4.78, 5) is 0. The maximum atomic E-state index is 6.05. The highest BCUT2D eigenvalue weighted by Crippen LogP contribution is 2.44. The van der Waals surface area contributed by atoms with Crippen molar-refractivity contribution in [3.8, 4) is 0 Å². The summed E-state index contributed by atoms with van der Waals surface area (Å²) in [5.74, 6) is 0. The second kappa shape index (κ2) is 8.30. The van der Waals surface area contributed by atoms with Crippen molar-refractivity contribution in [2.24, 2.45) is 5.41 Å². The van der Waals surface area contributed by atoms with Crippen LogP contribution < -0.4 is 0 Å². The summed E-state index contributed by atoms with van der Waals surface area (Å²) in [6, 6.07) is 0. The molecule has 0 N–H and O–H groups in total. The molecule has 0 rings (SSSR count). The molecule has 0 aliphatic rings. The average molecular weight is 276 g/mol. The summed E-state index contributed by atoms with van der Waals surface area (Å²) in [7, 11) is -2.58. The molecule has 0 spiro atoms. The Bertz CT molecular complexity index is 197. The first-order valence-corrected chi connectivity index (χ1v) is 9.09. The van der Waals surface area contributed by atoms with E-state index < -0.39 is 8.80 Å². The van der Waals surface area contributed by atoms with Crippen LogP contribution in [-0.2, 0) is 13.3 Å². The third kappa shape index (κ3) is 5.00. The van der Waals surface area contributed by atoms with E-state index in [1.165, 1.54) is 0 Å². The quantitative estimate of drug-likeness (QED) is 0.589. The SMILES string of the molecule is CCCC(C(C)(C)C)[Si](OCC)(OCC)OCC. The van der Waals surface area contributed by atoms with Gasteiger partial charge in [0.1, 0.15) is 0 Å². The largest absolute Gasteiger partial charge is 0.504 e. The molecule has 0 fully saturated rings. The molecule has 1 atom stereocenters. The van der Waals surface area contributed by atoms with E-state index in [2.05, 4.69) is 27.7 Å². The van der Waals surface area contributed by atoms with Crippen molar-refractivity contribution in [3.63, 3.8) is 0 Å². The van der Waals surface area contributed by atoms with Crippen LogP contribution in [0.3, 0.4) is 0 Å². The second-order valence-corrected chi connectivity index (χ2v) is 8.38. The van der Waals surface area contributed by atoms with Gasteiger partial charge in [0.05, 0.1) is 0 Å². The van der Waals surface area contributed by atoms with Crippen LogP contribution in [0.25, 0.3) is 0 Å². The Morgan fingerprint density at radius 2 is 1.22 bits per heavy atom. The predicted molar refractivity (Wildman–Crippen MR) is 78.7 cm³/mol. The van der Waals surface area contributed by atoms with E-state index in [0.717, 1.165) is 12.8 Å². The maximum absolute atomic E-state index is 6.05. The van der Waals surface area contributed by atoms with E-state index in [4.69, 9.17) is 13.3 Å². The van der Waals surface area contributed by atoms with Gasteiger partial charge in [0.15, 0.2) is 0 Å². The van der Waals surface area contributed by atoms with Gasteiger partial charge in [-0.15, -0.1) is 0 Å². The van der Waals surface area contributed by atoms with Gasteiger partial charge in [-0.2, -0.15) is 0 Å². The van der Waals surface area contributed by atoms with E-state index in [1.807, 2.05) is 20.8 Å². The molecule has 0 aliphatic heterocycles. The van der Waals surface area contributed by atoms with Crippen LogP contribution in [-0.4, -0.2) is 28.6 Å². The fraction of sp³-hybridized carbons (Fsp3) is 1.00. The van der Waals surface area contributed by atoms with Gasteiger partial charge in [-0.05, 0) is 32.6 Å². The second-order valence-electron chi connectivity index (χ2n) is 5.61. The summed E-state index contributed by atoms with van der Waals surface area (Å²) in [6.45, 7) is 17.0. The molecule has 4 heteroatoms. The number of rotatable bonds is 9. The molecule has 0 heterocycles. The molecule has 110 valence electrons. The van der Waals surface area contributed by atoms with Crippen LogP contribution in [0.15, 0.2) is 0 Å². The molecule has 0 aromatic heterocycles. The summed E-state index contributed by atoms with van der Waals surface area (Å²) >= 11 is 0. The van der Waals surface area contributed by atoms with Gasteiger partial charge in [0, 0.05) is 25.4 Å². The molecular weight excluding hydrogens is 244 g/mol. The highest BCUT2D eigenvalue weighted by Gasteiger charge is 2.53. The minimum Gasteiger partial charge on any atom is -0.374 e. The van der Waals surface area contributed by atoms with Gasteiger partial charge in [0.25, 0.3) is 0 Å². The first-order valence-electron chi connectivity index (χ1n) is 7.29. The standard InChI is InChI=1S/C14H32O3Si/c1-8-12-13(14(5,6)7)18(15-9-2,16-10-3)17-11-4/h13H,8-12H2,1-7H3. The van der Waals surface area contributed by atoms with Gasteiger partial charge in [-0.3, -0.25) is 0 Å². The Morgan fingerprint density at radius 1 is 0.833 bits per heavy atom. The zero-order valence-corrected chi connectivity index (χ0v) is 14.3. The average Bonchev–Trinajstić information content (AvgIpc) is 2.25. The zero-order valence-electron chi connectivity index (χ0n) is 13.3. The summed E-state index contributed by atoms with van der Waals surface area (Å²) in [5, 5.41) is 0. The van der Waals surface area contributed by atoms with E-state index in [-0.39, 0.29) is 5.41 Å². The van der Waals surface area contributed by atoms with Crippen molar-refractivity contribution in [1.82, 2.24) is 0 Å². The fourth-order valence-corrected chi connectivity index (χ4v) is 6.22. The van der Waals surface area contributed by atoms with Gasteiger partial charge >= 0.3 is 8.80 Å². The van der Waals surface area contributed by atoms with Crippen LogP contribution in [0.1, 0.15) is 61.3 Å². The predicted octanol–water partition coefficient (Wildman–Crippen LogP) is 4.25. The van der Waals surface area contributed by atoms with Crippen molar-refractivity contribution in [2.75, 3.05) is 19.8 Å². The van der Waals surface area contributed by atoms with Crippen molar-refractivity contribution < 1.29 is 13.3 Å². The van der Waals surface area contributed by atoms with Crippen LogP contribution in [0.5, 0.6) is 0 Å². The molecule has 0 saturated carbocycles. The summed E-state index contributed by atoms with van der Waals surface area (Å²) in [5.41, 5.74) is 0.497. The first kappa shape index (κ1) is 18.1. The van der Waals surface area contributed by atoms with E-state index in [9.17, 15) is 0 Å². The van der Waals surface area contributed by atoms with Crippen LogP contribution in [0.2, 0.25) is 5.54 Å². The Labute approximate surface area is 115 Å². The summed E-state index contributed by atoms with van der Waals surface area (Å²) in [6.07, 6.45) is 2.22. The number of hydrogen-bond acceptors (Lipinski definition) is 3.